The normalized spacial score (nSPS) is 19.6. The van der Waals surface area contributed by atoms with E-state index < -0.39 is 0 Å². The Bertz CT molecular complexity index is 681. The second-order valence-corrected chi connectivity index (χ2v) is 6.26. The SMILES string of the molecule is CCOc1ccc(/C=C2\SC(N3CCOCC3)=NC2=O)cc1OC. The molecule has 128 valence electrons. The molecule has 1 fully saturated rings. The third kappa shape index (κ3) is 3.73. The Labute approximate surface area is 145 Å². The average Bonchev–Trinajstić information content (AvgIpc) is 2.98. The molecule has 2 aliphatic rings. The summed E-state index contributed by atoms with van der Waals surface area (Å²) in [6, 6.07) is 5.61. The lowest BCUT2D eigenvalue weighted by molar-refractivity contribution is -0.113. The highest BCUT2D eigenvalue weighted by molar-refractivity contribution is 8.18. The van der Waals surface area contributed by atoms with E-state index in [9.17, 15) is 4.79 Å². The van der Waals surface area contributed by atoms with E-state index in [2.05, 4.69) is 9.89 Å². The van der Waals surface area contributed by atoms with Gasteiger partial charge in [-0.25, -0.2) is 0 Å². The molecule has 0 saturated carbocycles. The Morgan fingerprint density at radius 1 is 1.33 bits per heavy atom. The molecule has 24 heavy (non-hydrogen) atoms. The summed E-state index contributed by atoms with van der Waals surface area (Å²) in [5, 5.41) is 0.757. The van der Waals surface area contributed by atoms with Crippen molar-refractivity contribution in [2.45, 2.75) is 6.92 Å². The fourth-order valence-electron chi connectivity index (χ4n) is 2.49. The van der Waals surface area contributed by atoms with Crippen LogP contribution in [0, 0.1) is 0 Å². The highest BCUT2D eigenvalue weighted by atomic mass is 32.2. The lowest BCUT2D eigenvalue weighted by Gasteiger charge is -2.27. The van der Waals surface area contributed by atoms with E-state index in [1.807, 2.05) is 31.2 Å². The van der Waals surface area contributed by atoms with Gasteiger partial charge in [-0.3, -0.25) is 4.79 Å². The summed E-state index contributed by atoms with van der Waals surface area (Å²) in [6.45, 7) is 5.37. The van der Waals surface area contributed by atoms with Gasteiger partial charge >= 0.3 is 0 Å². The molecule has 2 aliphatic heterocycles. The third-order valence-electron chi connectivity index (χ3n) is 3.68. The first-order valence-electron chi connectivity index (χ1n) is 7.87. The summed E-state index contributed by atoms with van der Waals surface area (Å²) >= 11 is 1.41. The minimum absolute atomic E-state index is 0.200. The molecule has 3 rings (SSSR count). The molecular weight excluding hydrogens is 328 g/mol. The lowest BCUT2D eigenvalue weighted by atomic mass is 10.2. The summed E-state index contributed by atoms with van der Waals surface area (Å²) < 4.78 is 16.2. The van der Waals surface area contributed by atoms with Crippen LogP contribution in [-0.4, -0.2) is 56.0 Å². The number of amidine groups is 1. The van der Waals surface area contributed by atoms with Crippen LogP contribution in [0.25, 0.3) is 6.08 Å². The van der Waals surface area contributed by atoms with Crippen LogP contribution in [0.3, 0.4) is 0 Å². The number of carbonyl (C=O) groups excluding carboxylic acids is 1. The quantitative estimate of drug-likeness (QED) is 0.779. The zero-order valence-corrected chi connectivity index (χ0v) is 14.6. The van der Waals surface area contributed by atoms with Gasteiger partial charge in [-0.1, -0.05) is 6.07 Å². The van der Waals surface area contributed by atoms with Crippen molar-refractivity contribution in [2.75, 3.05) is 40.0 Å². The van der Waals surface area contributed by atoms with Crippen molar-refractivity contribution in [3.63, 3.8) is 0 Å². The van der Waals surface area contributed by atoms with Gasteiger partial charge in [0.25, 0.3) is 5.91 Å². The molecule has 1 amide bonds. The van der Waals surface area contributed by atoms with E-state index in [0.717, 1.165) is 23.8 Å². The molecule has 0 bridgehead atoms. The number of hydrogen-bond acceptors (Lipinski definition) is 6. The molecule has 0 aromatic heterocycles. The first-order valence-corrected chi connectivity index (χ1v) is 8.69. The molecule has 0 aliphatic carbocycles. The van der Waals surface area contributed by atoms with E-state index in [0.29, 0.717) is 36.2 Å². The zero-order chi connectivity index (χ0) is 16.9. The van der Waals surface area contributed by atoms with E-state index in [4.69, 9.17) is 14.2 Å². The van der Waals surface area contributed by atoms with Crippen LogP contribution in [0.4, 0.5) is 0 Å². The molecule has 0 spiro atoms. The summed E-state index contributed by atoms with van der Waals surface area (Å²) in [7, 11) is 1.60. The number of thioether (sulfide) groups is 1. The monoisotopic (exact) mass is 348 g/mol. The molecule has 1 saturated heterocycles. The summed E-state index contributed by atoms with van der Waals surface area (Å²) in [5.74, 6) is 1.14. The van der Waals surface area contributed by atoms with Gasteiger partial charge in [-0.15, -0.1) is 0 Å². The number of morpholine rings is 1. The number of methoxy groups -OCH3 is 1. The minimum atomic E-state index is -0.200. The molecule has 2 heterocycles. The zero-order valence-electron chi connectivity index (χ0n) is 13.8. The highest BCUT2D eigenvalue weighted by Crippen LogP contribution is 2.33. The molecule has 0 radical (unpaired) electrons. The van der Waals surface area contributed by atoms with Crippen LogP contribution in [0.15, 0.2) is 28.1 Å². The molecule has 1 aromatic rings. The van der Waals surface area contributed by atoms with Gasteiger partial charge in [0, 0.05) is 13.1 Å². The fourth-order valence-corrected chi connectivity index (χ4v) is 3.45. The van der Waals surface area contributed by atoms with Gasteiger partial charge in [0.15, 0.2) is 16.7 Å². The summed E-state index contributed by atoms with van der Waals surface area (Å²) in [5.41, 5.74) is 0.879. The number of amides is 1. The van der Waals surface area contributed by atoms with Crippen LogP contribution in [0.2, 0.25) is 0 Å². The van der Waals surface area contributed by atoms with Crippen molar-refractivity contribution >= 4 is 28.9 Å². The Hall–Kier alpha value is -1.99. The Morgan fingerprint density at radius 3 is 2.83 bits per heavy atom. The van der Waals surface area contributed by atoms with Crippen molar-refractivity contribution in [3.05, 3.63) is 28.7 Å². The Morgan fingerprint density at radius 2 is 2.12 bits per heavy atom. The third-order valence-corrected chi connectivity index (χ3v) is 4.72. The van der Waals surface area contributed by atoms with E-state index in [1.54, 1.807) is 7.11 Å². The number of hydrogen-bond donors (Lipinski definition) is 0. The van der Waals surface area contributed by atoms with Crippen LogP contribution < -0.4 is 9.47 Å². The molecule has 0 N–H and O–H groups in total. The van der Waals surface area contributed by atoms with Crippen LogP contribution in [0.1, 0.15) is 12.5 Å². The molecule has 1 aromatic carbocycles. The van der Waals surface area contributed by atoms with E-state index in [-0.39, 0.29) is 5.91 Å². The topological polar surface area (TPSA) is 60.4 Å². The smallest absolute Gasteiger partial charge is 0.286 e. The maximum atomic E-state index is 12.2. The number of ether oxygens (including phenoxy) is 3. The van der Waals surface area contributed by atoms with Gasteiger partial charge in [0.1, 0.15) is 0 Å². The van der Waals surface area contributed by atoms with Crippen molar-refractivity contribution in [3.8, 4) is 11.5 Å². The largest absolute Gasteiger partial charge is 0.493 e. The lowest BCUT2D eigenvalue weighted by Crippen LogP contribution is -2.38. The molecular formula is C17H20N2O4S. The van der Waals surface area contributed by atoms with Crippen molar-refractivity contribution in [1.82, 2.24) is 4.90 Å². The minimum Gasteiger partial charge on any atom is -0.493 e. The van der Waals surface area contributed by atoms with E-state index in [1.165, 1.54) is 11.8 Å². The van der Waals surface area contributed by atoms with Gasteiger partial charge in [-0.05, 0) is 42.5 Å². The number of carbonyl (C=O) groups is 1. The first-order chi connectivity index (χ1) is 11.7. The van der Waals surface area contributed by atoms with Gasteiger partial charge in [0.2, 0.25) is 0 Å². The molecule has 7 heteroatoms. The van der Waals surface area contributed by atoms with Crippen molar-refractivity contribution in [1.29, 1.82) is 0 Å². The second kappa shape index (κ2) is 7.72. The molecule has 0 unspecified atom stereocenters. The van der Waals surface area contributed by atoms with Gasteiger partial charge in [-0.2, -0.15) is 4.99 Å². The van der Waals surface area contributed by atoms with Gasteiger partial charge in [0.05, 0.1) is 31.8 Å². The predicted molar refractivity (Wildman–Crippen MR) is 94.6 cm³/mol. The average molecular weight is 348 g/mol. The van der Waals surface area contributed by atoms with Crippen LogP contribution in [0.5, 0.6) is 11.5 Å². The number of aliphatic imine (C=N–C) groups is 1. The molecule has 0 atom stereocenters. The Balaban J connectivity index is 1.76. The van der Waals surface area contributed by atoms with Crippen molar-refractivity contribution < 1.29 is 19.0 Å². The Kier molecular flexibility index (Phi) is 5.42. The van der Waals surface area contributed by atoms with Gasteiger partial charge < -0.3 is 19.1 Å². The number of nitrogens with zero attached hydrogens (tertiary/aromatic N) is 2. The summed E-state index contributed by atoms with van der Waals surface area (Å²) in [4.78, 5) is 19.0. The first kappa shape index (κ1) is 16.9. The predicted octanol–water partition coefficient (Wildman–Crippen LogP) is 2.40. The maximum absolute atomic E-state index is 12.2. The number of benzene rings is 1. The van der Waals surface area contributed by atoms with Crippen LogP contribution >= 0.6 is 11.8 Å². The summed E-state index contributed by atoms with van der Waals surface area (Å²) in [6.07, 6.45) is 1.84. The highest BCUT2D eigenvalue weighted by Gasteiger charge is 2.27. The maximum Gasteiger partial charge on any atom is 0.286 e. The fraction of sp³-hybridized carbons (Fsp3) is 0.412. The van der Waals surface area contributed by atoms with Crippen LogP contribution in [-0.2, 0) is 9.53 Å². The van der Waals surface area contributed by atoms with Crippen molar-refractivity contribution in [2.24, 2.45) is 4.99 Å². The second-order valence-electron chi connectivity index (χ2n) is 5.25. The van der Waals surface area contributed by atoms with E-state index >= 15 is 0 Å². The molecule has 6 nitrogen and oxygen atoms in total. The standard InChI is InChI=1S/C17H20N2O4S/c1-3-23-13-5-4-12(10-14(13)21-2)11-15-16(20)18-17(24-15)19-6-8-22-9-7-19/h4-5,10-11H,3,6-9H2,1-2H3/b15-11-. The number of rotatable bonds is 4.